The van der Waals surface area contributed by atoms with Crippen LogP contribution in [0.1, 0.15) is 450 Å². The van der Waals surface area contributed by atoms with Crippen molar-refractivity contribution in [2.75, 3.05) is 13.2 Å². The van der Waals surface area contributed by atoms with Crippen molar-refractivity contribution in [2.24, 2.45) is 0 Å². The monoisotopic (exact) mass is 1260 g/mol. The molecule has 530 valence electrons. The van der Waals surface area contributed by atoms with Crippen LogP contribution >= 0.6 is 0 Å². The van der Waals surface area contributed by atoms with E-state index in [9.17, 15) is 19.8 Å². The van der Waals surface area contributed by atoms with Crippen LogP contribution in [0.4, 0.5) is 0 Å². The molecule has 0 radical (unpaired) electrons. The Labute approximate surface area is 563 Å². The number of aliphatic hydroxyl groups is 2. The van der Waals surface area contributed by atoms with Gasteiger partial charge in [-0.25, -0.2) is 0 Å². The largest absolute Gasteiger partial charge is 0.466 e. The molecule has 0 rings (SSSR count). The molecule has 1 amide bonds. The third-order valence-corrected chi connectivity index (χ3v) is 19.1. The first-order chi connectivity index (χ1) is 44.5. The smallest absolute Gasteiger partial charge is 0.305 e. The summed E-state index contributed by atoms with van der Waals surface area (Å²) in [7, 11) is 0. The Hall–Kier alpha value is -2.18. The summed E-state index contributed by atoms with van der Waals surface area (Å²) < 4.78 is 5.50. The van der Waals surface area contributed by atoms with E-state index in [1.807, 2.05) is 6.08 Å². The highest BCUT2D eigenvalue weighted by Crippen LogP contribution is 2.20. The lowest BCUT2D eigenvalue weighted by molar-refractivity contribution is -0.143. The molecule has 0 aromatic rings. The van der Waals surface area contributed by atoms with Crippen LogP contribution in [0, 0.1) is 0 Å². The Morgan fingerprint density at radius 3 is 0.878 bits per heavy atom. The molecular formula is C84H159NO5. The van der Waals surface area contributed by atoms with Gasteiger partial charge < -0.3 is 20.3 Å². The third kappa shape index (κ3) is 74.9. The highest BCUT2D eigenvalue weighted by atomic mass is 16.5. The first-order valence-electron chi connectivity index (χ1n) is 40.9. The van der Waals surface area contributed by atoms with Gasteiger partial charge in [0.05, 0.1) is 25.4 Å². The fraction of sp³-hybridized carbons (Fsp3) is 0.881. The number of hydrogen-bond donors (Lipinski definition) is 3. The summed E-state index contributed by atoms with van der Waals surface area (Å²) in [6.45, 7) is 4.92. The fourth-order valence-electron chi connectivity index (χ4n) is 12.8. The maximum atomic E-state index is 12.6. The Morgan fingerprint density at radius 1 is 0.311 bits per heavy atom. The molecule has 0 spiro atoms. The first-order valence-corrected chi connectivity index (χ1v) is 40.9. The molecule has 6 nitrogen and oxygen atoms in total. The van der Waals surface area contributed by atoms with Crippen molar-refractivity contribution in [3.05, 3.63) is 48.6 Å². The number of unbranched alkanes of at least 4 members (excludes halogenated alkanes) is 60. The molecule has 0 aromatic carbocycles. The Balaban J connectivity index is 3.38. The lowest BCUT2D eigenvalue weighted by Gasteiger charge is -2.20. The van der Waals surface area contributed by atoms with Crippen LogP contribution in [0.25, 0.3) is 0 Å². The summed E-state index contributed by atoms with van der Waals surface area (Å²) in [5, 5.41) is 23.3. The quantitative estimate of drug-likeness (QED) is 0.0320. The van der Waals surface area contributed by atoms with Crippen molar-refractivity contribution in [3.8, 4) is 0 Å². The molecule has 2 atom stereocenters. The van der Waals surface area contributed by atoms with Crippen LogP contribution in [-0.2, 0) is 14.3 Å². The number of aliphatic hydroxyl groups excluding tert-OH is 2. The van der Waals surface area contributed by atoms with E-state index < -0.39 is 12.1 Å². The van der Waals surface area contributed by atoms with Crippen molar-refractivity contribution in [3.63, 3.8) is 0 Å². The summed E-state index contributed by atoms with van der Waals surface area (Å²) >= 11 is 0. The minimum Gasteiger partial charge on any atom is -0.466 e. The summed E-state index contributed by atoms with van der Waals surface area (Å²) in [6.07, 6.45) is 105. The number of rotatable bonds is 77. The zero-order valence-electron chi connectivity index (χ0n) is 60.9. The zero-order chi connectivity index (χ0) is 64.9. The molecule has 0 aliphatic rings. The number of carbonyl (C=O) groups is 2. The molecule has 3 N–H and O–H groups in total. The second-order valence-corrected chi connectivity index (χ2v) is 28.1. The molecule has 0 aromatic heterocycles. The molecule has 90 heavy (non-hydrogen) atoms. The van der Waals surface area contributed by atoms with E-state index >= 15 is 0 Å². The van der Waals surface area contributed by atoms with Crippen LogP contribution in [0.2, 0.25) is 0 Å². The molecule has 0 fully saturated rings. The van der Waals surface area contributed by atoms with Crippen LogP contribution in [0.5, 0.6) is 0 Å². The summed E-state index contributed by atoms with van der Waals surface area (Å²) in [6, 6.07) is -0.627. The van der Waals surface area contributed by atoms with Gasteiger partial charge in [-0.1, -0.05) is 396 Å². The van der Waals surface area contributed by atoms with E-state index in [2.05, 4.69) is 55.6 Å². The second kappa shape index (κ2) is 79.3. The van der Waals surface area contributed by atoms with E-state index in [-0.39, 0.29) is 18.5 Å². The van der Waals surface area contributed by atoms with Gasteiger partial charge in [0.25, 0.3) is 0 Å². The lowest BCUT2D eigenvalue weighted by Crippen LogP contribution is -2.45. The number of carbonyl (C=O) groups excluding carboxylic acids is 2. The Morgan fingerprint density at radius 2 is 0.556 bits per heavy atom. The molecule has 0 bridgehead atoms. The van der Waals surface area contributed by atoms with Gasteiger partial charge in [-0.3, -0.25) is 9.59 Å². The number of nitrogens with one attached hydrogen (secondary N) is 1. The van der Waals surface area contributed by atoms with E-state index in [0.29, 0.717) is 19.4 Å². The standard InChI is InChI=1S/C84H159NO5/c1-3-5-7-9-11-13-15-17-19-21-22-23-35-38-41-45-48-52-56-60-64-68-72-76-82(87)81(80-86)85-83(88)77-73-69-65-61-57-53-49-46-42-39-36-33-31-29-27-25-24-26-28-30-32-34-37-40-43-47-51-55-59-63-67-71-75-79-90-84(89)78-74-70-66-62-58-54-50-44-20-18-16-14-12-10-8-6-4-2/h12,14,18,20,28,30,72,76,81-82,86-87H,3-11,13,15-17,19,21-27,29,31-71,73-75,77-80H2,1-2H3,(H,85,88)/b14-12-,20-18-,30-28-,76-72+. The summed E-state index contributed by atoms with van der Waals surface area (Å²) in [4.78, 5) is 24.7. The Bertz CT molecular complexity index is 1500. The van der Waals surface area contributed by atoms with Crippen LogP contribution in [-0.4, -0.2) is 47.4 Å². The number of allylic oxidation sites excluding steroid dienone is 7. The van der Waals surface area contributed by atoms with E-state index in [1.165, 1.54) is 372 Å². The molecule has 6 heteroatoms. The normalized spacial score (nSPS) is 12.7. The van der Waals surface area contributed by atoms with Gasteiger partial charge in [0.1, 0.15) is 0 Å². The fourth-order valence-corrected chi connectivity index (χ4v) is 12.8. The van der Waals surface area contributed by atoms with Crippen molar-refractivity contribution >= 4 is 11.9 Å². The molecule has 0 aliphatic carbocycles. The van der Waals surface area contributed by atoms with Gasteiger partial charge in [-0.2, -0.15) is 0 Å². The van der Waals surface area contributed by atoms with E-state index in [0.717, 1.165) is 51.4 Å². The topological polar surface area (TPSA) is 95.9 Å². The summed E-state index contributed by atoms with van der Waals surface area (Å²) in [5.74, 6) is -0.0490. The SMILES string of the molecule is CCCCC/C=C\C/C=C\CCCCCCCCCC(=O)OCCCCCCCCCCCCCC/C=C\CCCCCCCCCCCCCCCCCCCC(=O)NC(CO)C(O)/C=C/CCCCCCCCCCCCCCCCCCCCCCC. The number of amides is 1. The number of ether oxygens (including phenoxy) is 1. The minimum atomic E-state index is -0.844. The van der Waals surface area contributed by atoms with E-state index in [1.54, 1.807) is 6.08 Å². The van der Waals surface area contributed by atoms with Gasteiger partial charge in [0.15, 0.2) is 0 Å². The second-order valence-electron chi connectivity index (χ2n) is 28.1. The van der Waals surface area contributed by atoms with Crippen molar-refractivity contribution < 1.29 is 24.5 Å². The molecule has 0 heterocycles. The van der Waals surface area contributed by atoms with Crippen LogP contribution in [0.15, 0.2) is 48.6 Å². The van der Waals surface area contributed by atoms with Gasteiger partial charge in [0, 0.05) is 12.8 Å². The number of hydrogen-bond acceptors (Lipinski definition) is 5. The number of esters is 1. The maximum Gasteiger partial charge on any atom is 0.305 e. The van der Waals surface area contributed by atoms with Crippen LogP contribution < -0.4 is 5.32 Å². The average molecular weight is 1260 g/mol. The van der Waals surface area contributed by atoms with Gasteiger partial charge in [0.2, 0.25) is 5.91 Å². The van der Waals surface area contributed by atoms with Crippen molar-refractivity contribution in [2.45, 2.75) is 463 Å². The highest BCUT2D eigenvalue weighted by molar-refractivity contribution is 5.76. The molecule has 2 unspecified atom stereocenters. The summed E-state index contributed by atoms with van der Waals surface area (Å²) in [5.41, 5.74) is 0. The van der Waals surface area contributed by atoms with Gasteiger partial charge >= 0.3 is 5.97 Å². The molecule has 0 saturated heterocycles. The molecule has 0 aliphatic heterocycles. The first kappa shape index (κ1) is 87.8. The highest BCUT2D eigenvalue weighted by Gasteiger charge is 2.18. The minimum absolute atomic E-state index is 0.0112. The lowest BCUT2D eigenvalue weighted by atomic mass is 10.0. The Kier molecular flexibility index (Phi) is 77.3. The molecule has 0 saturated carbocycles. The van der Waals surface area contributed by atoms with Crippen LogP contribution in [0.3, 0.4) is 0 Å². The van der Waals surface area contributed by atoms with Gasteiger partial charge in [-0.05, 0) is 89.9 Å². The average Bonchev–Trinajstić information content (AvgIpc) is 3.68. The molecular weight excluding hydrogens is 1100 g/mol. The van der Waals surface area contributed by atoms with Gasteiger partial charge in [-0.15, -0.1) is 0 Å². The zero-order valence-corrected chi connectivity index (χ0v) is 60.9. The van der Waals surface area contributed by atoms with Crippen molar-refractivity contribution in [1.82, 2.24) is 5.32 Å². The predicted molar refractivity (Wildman–Crippen MR) is 398 cm³/mol. The van der Waals surface area contributed by atoms with Crippen molar-refractivity contribution in [1.29, 1.82) is 0 Å². The maximum absolute atomic E-state index is 12.6. The van der Waals surface area contributed by atoms with E-state index in [4.69, 9.17) is 4.74 Å². The predicted octanol–water partition coefficient (Wildman–Crippen LogP) is 27.2. The third-order valence-electron chi connectivity index (χ3n) is 19.1.